The maximum absolute atomic E-state index is 12.4. The van der Waals surface area contributed by atoms with Crippen molar-refractivity contribution < 1.29 is 18.5 Å². The fourth-order valence-electron chi connectivity index (χ4n) is 2.83. The lowest BCUT2D eigenvalue weighted by atomic mass is 10.3. The van der Waals surface area contributed by atoms with E-state index in [0.29, 0.717) is 42.5 Å². The Morgan fingerprint density at radius 3 is 3.12 bits per heavy atom. The molecule has 0 N–H and O–H groups in total. The van der Waals surface area contributed by atoms with Gasteiger partial charge in [0, 0.05) is 26.3 Å². The Hall–Kier alpha value is -2.94. The normalized spacial score (nSPS) is 17.3. The van der Waals surface area contributed by atoms with Crippen molar-refractivity contribution in [2.45, 2.75) is 19.1 Å². The average Bonchev–Trinajstić information content (AvgIpc) is 3.39. The van der Waals surface area contributed by atoms with Crippen LogP contribution in [0.1, 0.15) is 22.6 Å². The van der Waals surface area contributed by atoms with E-state index >= 15 is 0 Å². The summed E-state index contributed by atoms with van der Waals surface area (Å²) in [5.74, 6) is 1.01. The Morgan fingerprint density at radius 2 is 2.36 bits per heavy atom. The van der Waals surface area contributed by atoms with Gasteiger partial charge in [-0.2, -0.15) is 0 Å². The number of nitrogens with zero attached hydrogens (tertiary/aromatic N) is 5. The molecule has 1 atom stereocenters. The molecule has 1 amide bonds. The molecule has 0 aromatic carbocycles. The zero-order chi connectivity index (χ0) is 17.2. The molecule has 1 unspecified atom stereocenters. The molecule has 0 bridgehead atoms. The molecule has 130 valence electrons. The fourth-order valence-corrected chi connectivity index (χ4v) is 2.83. The number of methoxy groups -OCH3 is 1. The number of hydrogen-bond donors (Lipinski definition) is 0. The second-order valence-electron chi connectivity index (χ2n) is 5.86. The van der Waals surface area contributed by atoms with Gasteiger partial charge >= 0.3 is 0 Å². The van der Waals surface area contributed by atoms with Crippen LogP contribution in [0.3, 0.4) is 0 Å². The molecule has 4 heterocycles. The zero-order valence-corrected chi connectivity index (χ0v) is 13.7. The first-order valence-electron chi connectivity index (χ1n) is 7.94. The molecule has 25 heavy (non-hydrogen) atoms. The van der Waals surface area contributed by atoms with E-state index < -0.39 is 0 Å². The lowest BCUT2D eigenvalue weighted by Crippen LogP contribution is -2.30. The SMILES string of the molecule is COC1CCN(C(=O)c2cn(Cc3cc(-c4ccco4)on3)nn2)C1. The van der Waals surface area contributed by atoms with Crippen molar-refractivity contribution in [3.63, 3.8) is 0 Å². The molecule has 0 aliphatic carbocycles. The van der Waals surface area contributed by atoms with E-state index in [9.17, 15) is 4.79 Å². The Bertz CT molecular complexity index is 854. The summed E-state index contributed by atoms with van der Waals surface area (Å²) in [4.78, 5) is 14.2. The van der Waals surface area contributed by atoms with Crippen LogP contribution >= 0.6 is 0 Å². The zero-order valence-electron chi connectivity index (χ0n) is 13.7. The van der Waals surface area contributed by atoms with Gasteiger partial charge in [0.05, 0.1) is 25.1 Å². The van der Waals surface area contributed by atoms with Crippen molar-refractivity contribution in [1.29, 1.82) is 0 Å². The van der Waals surface area contributed by atoms with Gasteiger partial charge in [-0.3, -0.25) is 4.79 Å². The van der Waals surface area contributed by atoms with Gasteiger partial charge in [-0.05, 0) is 18.6 Å². The Labute approximate surface area is 143 Å². The Morgan fingerprint density at radius 1 is 1.44 bits per heavy atom. The van der Waals surface area contributed by atoms with Gasteiger partial charge in [-0.15, -0.1) is 5.10 Å². The van der Waals surface area contributed by atoms with Gasteiger partial charge in [0.1, 0.15) is 5.69 Å². The van der Waals surface area contributed by atoms with Crippen molar-refractivity contribution in [2.75, 3.05) is 20.2 Å². The molecule has 0 spiro atoms. The lowest BCUT2D eigenvalue weighted by Gasteiger charge is -2.13. The largest absolute Gasteiger partial charge is 0.461 e. The van der Waals surface area contributed by atoms with Crippen molar-refractivity contribution in [2.24, 2.45) is 0 Å². The minimum Gasteiger partial charge on any atom is -0.461 e. The minimum absolute atomic E-state index is 0.0918. The molecule has 3 aromatic heterocycles. The van der Waals surface area contributed by atoms with E-state index in [0.717, 1.165) is 6.42 Å². The topological polar surface area (TPSA) is 99.4 Å². The summed E-state index contributed by atoms with van der Waals surface area (Å²) >= 11 is 0. The van der Waals surface area contributed by atoms with Crippen LogP contribution in [0.15, 0.2) is 39.6 Å². The predicted octanol–water partition coefficient (Wildman–Crippen LogP) is 1.44. The highest BCUT2D eigenvalue weighted by Gasteiger charge is 2.28. The number of carbonyl (C=O) groups is 1. The molecule has 1 aliphatic heterocycles. The molecule has 0 radical (unpaired) electrons. The van der Waals surface area contributed by atoms with Gasteiger partial charge < -0.3 is 18.6 Å². The lowest BCUT2D eigenvalue weighted by molar-refractivity contribution is 0.0719. The number of likely N-dealkylation sites (tertiary alicyclic amines) is 1. The second-order valence-corrected chi connectivity index (χ2v) is 5.86. The molecule has 1 aliphatic rings. The van der Waals surface area contributed by atoms with Crippen LogP contribution in [0.5, 0.6) is 0 Å². The number of ether oxygens (including phenoxy) is 1. The summed E-state index contributed by atoms with van der Waals surface area (Å²) in [6, 6.07) is 5.34. The van der Waals surface area contributed by atoms with Gasteiger partial charge in [0.2, 0.25) is 5.76 Å². The van der Waals surface area contributed by atoms with Crippen LogP contribution in [0.25, 0.3) is 11.5 Å². The first kappa shape index (κ1) is 15.6. The molecule has 9 nitrogen and oxygen atoms in total. The summed E-state index contributed by atoms with van der Waals surface area (Å²) in [7, 11) is 1.66. The van der Waals surface area contributed by atoms with Crippen molar-refractivity contribution in [1.82, 2.24) is 25.1 Å². The number of amides is 1. The number of furan rings is 1. The van der Waals surface area contributed by atoms with E-state index in [1.807, 2.05) is 0 Å². The molecule has 9 heteroatoms. The number of aromatic nitrogens is 4. The summed E-state index contributed by atoms with van der Waals surface area (Å²) in [6.07, 6.45) is 4.11. The third-order valence-corrected chi connectivity index (χ3v) is 4.17. The second kappa shape index (κ2) is 6.52. The van der Waals surface area contributed by atoms with Crippen molar-refractivity contribution >= 4 is 5.91 Å². The number of carbonyl (C=O) groups excluding carboxylic acids is 1. The van der Waals surface area contributed by atoms with Gasteiger partial charge in [0.15, 0.2) is 11.5 Å². The molecular weight excluding hydrogens is 326 g/mol. The number of hydrogen-bond acceptors (Lipinski definition) is 7. The maximum atomic E-state index is 12.4. The Kier molecular flexibility index (Phi) is 4.06. The van der Waals surface area contributed by atoms with Gasteiger partial charge in [-0.1, -0.05) is 10.4 Å². The van der Waals surface area contributed by atoms with Crippen LogP contribution in [0.2, 0.25) is 0 Å². The van der Waals surface area contributed by atoms with E-state index in [1.54, 1.807) is 47.4 Å². The highest BCUT2D eigenvalue weighted by Crippen LogP contribution is 2.21. The predicted molar refractivity (Wildman–Crippen MR) is 84.6 cm³/mol. The van der Waals surface area contributed by atoms with E-state index in [2.05, 4.69) is 15.5 Å². The standard InChI is InChI=1S/C16H17N5O4/c1-23-12-4-5-20(9-12)16(22)13-10-21(19-17-13)8-11-7-15(25-18-11)14-3-2-6-24-14/h2-3,6-7,10,12H,4-5,8-9H2,1H3. The highest BCUT2D eigenvalue weighted by atomic mass is 16.5. The van der Waals surface area contributed by atoms with Crippen LogP contribution in [-0.4, -0.2) is 57.3 Å². The maximum Gasteiger partial charge on any atom is 0.276 e. The molecule has 1 saturated heterocycles. The molecule has 1 fully saturated rings. The first-order valence-corrected chi connectivity index (χ1v) is 7.94. The van der Waals surface area contributed by atoms with Crippen LogP contribution in [0.4, 0.5) is 0 Å². The summed E-state index contributed by atoms with van der Waals surface area (Å²) in [5.41, 5.74) is 0.974. The van der Waals surface area contributed by atoms with Gasteiger partial charge in [-0.25, -0.2) is 4.68 Å². The molecular formula is C16H17N5O4. The van der Waals surface area contributed by atoms with E-state index in [1.165, 1.54) is 0 Å². The average molecular weight is 343 g/mol. The third kappa shape index (κ3) is 3.18. The smallest absolute Gasteiger partial charge is 0.276 e. The highest BCUT2D eigenvalue weighted by molar-refractivity contribution is 5.92. The minimum atomic E-state index is -0.137. The first-order chi connectivity index (χ1) is 12.2. The van der Waals surface area contributed by atoms with Crippen LogP contribution in [0, 0.1) is 0 Å². The van der Waals surface area contributed by atoms with Gasteiger partial charge in [0.25, 0.3) is 5.91 Å². The summed E-state index contributed by atoms with van der Waals surface area (Å²) in [5, 5.41) is 12.0. The molecule has 0 saturated carbocycles. The van der Waals surface area contributed by atoms with Crippen molar-refractivity contribution in [3.05, 3.63) is 42.0 Å². The summed E-state index contributed by atoms with van der Waals surface area (Å²) < 4.78 is 17.4. The van der Waals surface area contributed by atoms with Crippen molar-refractivity contribution in [3.8, 4) is 11.5 Å². The Balaban J connectivity index is 1.42. The molecule has 4 rings (SSSR count). The third-order valence-electron chi connectivity index (χ3n) is 4.17. The quantitative estimate of drug-likeness (QED) is 0.691. The number of rotatable bonds is 5. The fraction of sp³-hybridized carbons (Fsp3) is 0.375. The molecule has 3 aromatic rings. The van der Waals surface area contributed by atoms with Crippen LogP contribution < -0.4 is 0 Å². The van der Waals surface area contributed by atoms with E-state index in [4.69, 9.17) is 13.7 Å². The summed E-state index contributed by atoms with van der Waals surface area (Å²) in [6.45, 7) is 1.60. The monoisotopic (exact) mass is 343 g/mol. The van der Waals surface area contributed by atoms with E-state index in [-0.39, 0.29) is 12.0 Å². The van der Waals surface area contributed by atoms with Crippen LogP contribution in [-0.2, 0) is 11.3 Å².